The molecule has 2 heterocycles. The van der Waals surface area contributed by atoms with Gasteiger partial charge in [-0.3, -0.25) is 19.8 Å². The van der Waals surface area contributed by atoms with E-state index >= 15 is 0 Å². The number of imide groups is 1. The zero-order valence-corrected chi connectivity index (χ0v) is 12.4. The van der Waals surface area contributed by atoms with Crippen LogP contribution in [0.2, 0.25) is 5.02 Å². The van der Waals surface area contributed by atoms with Gasteiger partial charge in [0.15, 0.2) is 0 Å². The lowest BCUT2D eigenvalue weighted by molar-refractivity contribution is -0.121. The number of carbonyl (C=O) groups is 2. The topological polar surface area (TPSA) is 61.4 Å². The Morgan fingerprint density at radius 1 is 1.19 bits per heavy atom. The molecule has 2 aliphatic rings. The van der Waals surface area contributed by atoms with Crippen LogP contribution in [-0.2, 0) is 4.79 Å². The Bertz CT molecular complexity index is 534. The summed E-state index contributed by atoms with van der Waals surface area (Å²) in [6, 6.07) is 6.49. The van der Waals surface area contributed by atoms with E-state index in [0.29, 0.717) is 22.4 Å². The summed E-state index contributed by atoms with van der Waals surface area (Å²) in [4.78, 5) is 26.0. The fraction of sp³-hybridized carbons (Fsp3) is 0.467. The van der Waals surface area contributed by atoms with Crippen molar-refractivity contribution in [2.24, 2.45) is 11.8 Å². The number of nitrogens with zero attached hydrogens (tertiary/aromatic N) is 1. The van der Waals surface area contributed by atoms with Gasteiger partial charge in [0.25, 0.3) is 5.91 Å². The van der Waals surface area contributed by atoms with Crippen molar-refractivity contribution in [2.75, 3.05) is 32.7 Å². The van der Waals surface area contributed by atoms with Gasteiger partial charge in [-0.15, -0.1) is 0 Å². The average molecular weight is 308 g/mol. The third kappa shape index (κ3) is 3.43. The summed E-state index contributed by atoms with van der Waals surface area (Å²) in [7, 11) is 0. The summed E-state index contributed by atoms with van der Waals surface area (Å²) in [5.74, 6) is 0.662. The summed E-state index contributed by atoms with van der Waals surface area (Å²) in [6.07, 6.45) is 0. The molecule has 0 radical (unpaired) electrons. The minimum Gasteiger partial charge on any atom is -0.316 e. The number of rotatable bonds is 3. The third-order valence-electron chi connectivity index (χ3n) is 4.19. The molecular formula is C15H18ClN3O2. The minimum atomic E-state index is -0.377. The molecular weight excluding hydrogens is 290 g/mol. The number of likely N-dealkylation sites (tertiary alicyclic amines) is 1. The molecule has 0 aliphatic carbocycles. The Morgan fingerprint density at radius 2 is 1.81 bits per heavy atom. The number of nitrogens with one attached hydrogen (secondary N) is 2. The highest BCUT2D eigenvalue weighted by molar-refractivity contribution is 6.30. The molecule has 1 aromatic rings. The molecule has 5 nitrogen and oxygen atoms in total. The minimum absolute atomic E-state index is 0.247. The zero-order valence-electron chi connectivity index (χ0n) is 11.6. The molecule has 0 aromatic heterocycles. The molecule has 3 rings (SSSR count). The predicted molar refractivity (Wildman–Crippen MR) is 80.2 cm³/mol. The number of hydrogen-bond donors (Lipinski definition) is 2. The van der Waals surface area contributed by atoms with Gasteiger partial charge in [0.2, 0.25) is 5.91 Å². The zero-order chi connectivity index (χ0) is 14.8. The van der Waals surface area contributed by atoms with Gasteiger partial charge >= 0.3 is 0 Å². The lowest BCUT2D eigenvalue weighted by Crippen LogP contribution is -2.40. The molecule has 2 unspecified atom stereocenters. The van der Waals surface area contributed by atoms with Crippen molar-refractivity contribution in [2.45, 2.75) is 0 Å². The SMILES string of the molecule is O=C(CN1CC2CNCC2C1)NC(=O)c1ccc(Cl)cc1. The van der Waals surface area contributed by atoms with Gasteiger partial charge in [-0.05, 0) is 49.2 Å². The third-order valence-corrected chi connectivity index (χ3v) is 4.44. The summed E-state index contributed by atoms with van der Waals surface area (Å²) < 4.78 is 0. The monoisotopic (exact) mass is 307 g/mol. The molecule has 1 aromatic carbocycles. The number of fused-ring (bicyclic) bond motifs is 1. The molecule has 6 heteroatoms. The first kappa shape index (κ1) is 14.5. The van der Waals surface area contributed by atoms with Crippen molar-refractivity contribution in [1.29, 1.82) is 0 Å². The Balaban J connectivity index is 1.50. The molecule has 0 saturated carbocycles. The Hall–Kier alpha value is -1.43. The van der Waals surface area contributed by atoms with Crippen molar-refractivity contribution in [3.63, 3.8) is 0 Å². The highest BCUT2D eigenvalue weighted by Gasteiger charge is 2.36. The van der Waals surface area contributed by atoms with Crippen molar-refractivity contribution in [1.82, 2.24) is 15.5 Å². The number of amides is 2. The smallest absolute Gasteiger partial charge is 0.257 e. The molecule has 21 heavy (non-hydrogen) atoms. The number of carbonyl (C=O) groups excluding carboxylic acids is 2. The van der Waals surface area contributed by atoms with Crippen LogP contribution in [0, 0.1) is 11.8 Å². The van der Waals surface area contributed by atoms with Crippen LogP contribution in [0.1, 0.15) is 10.4 Å². The van der Waals surface area contributed by atoms with Crippen LogP contribution in [0.15, 0.2) is 24.3 Å². The molecule has 2 atom stereocenters. The van der Waals surface area contributed by atoms with Crippen LogP contribution < -0.4 is 10.6 Å². The highest BCUT2D eigenvalue weighted by Crippen LogP contribution is 2.25. The van der Waals surface area contributed by atoms with Crippen LogP contribution in [-0.4, -0.2) is 49.4 Å². The highest BCUT2D eigenvalue weighted by atomic mass is 35.5. The maximum absolute atomic E-state index is 12.0. The first-order valence-electron chi connectivity index (χ1n) is 7.14. The maximum atomic E-state index is 12.0. The van der Waals surface area contributed by atoms with Gasteiger partial charge in [-0.2, -0.15) is 0 Å². The van der Waals surface area contributed by atoms with Crippen molar-refractivity contribution < 1.29 is 9.59 Å². The maximum Gasteiger partial charge on any atom is 0.257 e. The second kappa shape index (κ2) is 6.13. The molecule has 112 valence electrons. The fourth-order valence-electron chi connectivity index (χ4n) is 3.12. The van der Waals surface area contributed by atoms with Crippen LogP contribution in [0.5, 0.6) is 0 Å². The quantitative estimate of drug-likeness (QED) is 0.865. The van der Waals surface area contributed by atoms with E-state index in [1.54, 1.807) is 24.3 Å². The molecule has 2 fully saturated rings. The molecule has 2 aliphatic heterocycles. The van der Waals surface area contributed by atoms with E-state index in [0.717, 1.165) is 26.2 Å². The number of hydrogen-bond acceptors (Lipinski definition) is 4. The van der Waals surface area contributed by atoms with E-state index in [1.165, 1.54) is 0 Å². The van der Waals surface area contributed by atoms with Gasteiger partial charge in [0.05, 0.1) is 6.54 Å². The number of halogens is 1. The summed E-state index contributed by atoms with van der Waals surface area (Å²) in [6.45, 7) is 4.21. The molecule has 2 saturated heterocycles. The standard InChI is InChI=1S/C15H18ClN3O2/c16-13-3-1-10(2-4-13)15(21)18-14(20)9-19-7-11-5-17-6-12(11)8-19/h1-4,11-12,17H,5-9H2,(H,18,20,21). The summed E-state index contributed by atoms with van der Waals surface area (Å²) in [5, 5.41) is 6.36. The molecule has 0 bridgehead atoms. The van der Waals surface area contributed by atoms with E-state index in [9.17, 15) is 9.59 Å². The van der Waals surface area contributed by atoms with Gasteiger partial charge < -0.3 is 5.32 Å². The normalized spacial score (nSPS) is 24.8. The van der Waals surface area contributed by atoms with Crippen LogP contribution >= 0.6 is 11.6 Å². The first-order valence-corrected chi connectivity index (χ1v) is 7.52. The van der Waals surface area contributed by atoms with Gasteiger partial charge in [-0.25, -0.2) is 0 Å². The van der Waals surface area contributed by atoms with E-state index in [1.807, 2.05) is 0 Å². The molecule has 2 N–H and O–H groups in total. The Labute approximate surface area is 128 Å². The van der Waals surface area contributed by atoms with Crippen molar-refractivity contribution in [3.8, 4) is 0 Å². The van der Waals surface area contributed by atoms with E-state index in [2.05, 4.69) is 15.5 Å². The number of benzene rings is 1. The van der Waals surface area contributed by atoms with Crippen LogP contribution in [0.3, 0.4) is 0 Å². The van der Waals surface area contributed by atoms with Gasteiger partial charge in [-0.1, -0.05) is 11.6 Å². The Kier molecular flexibility index (Phi) is 4.24. The van der Waals surface area contributed by atoms with Crippen LogP contribution in [0.25, 0.3) is 0 Å². The van der Waals surface area contributed by atoms with E-state index < -0.39 is 0 Å². The average Bonchev–Trinajstić information content (AvgIpc) is 3.00. The molecule has 0 spiro atoms. The van der Waals surface area contributed by atoms with Crippen molar-refractivity contribution in [3.05, 3.63) is 34.9 Å². The van der Waals surface area contributed by atoms with Gasteiger partial charge in [0, 0.05) is 23.7 Å². The Morgan fingerprint density at radius 3 is 2.43 bits per heavy atom. The summed E-state index contributed by atoms with van der Waals surface area (Å²) >= 11 is 5.77. The largest absolute Gasteiger partial charge is 0.316 e. The van der Waals surface area contributed by atoms with E-state index in [4.69, 9.17) is 11.6 Å². The lowest BCUT2D eigenvalue weighted by Gasteiger charge is -2.16. The van der Waals surface area contributed by atoms with Gasteiger partial charge in [0.1, 0.15) is 0 Å². The van der Waals surface area contributed by atoms with E-state index in [-0.39, 0.29) is 18.4 Å². The van der Waals surface area contributed by atoms with Crippen molar-refractivity contribution >= 4 is 23.4 Å². The van der Waals surface area contributed by atoms with Crippen LogP contribution in [0.4, 0.5) is 0 Å². The second-order valence-electron chi connectivity index (χ2n) is 5.76. The summed E-state index contributed by atoms with van der Waals surface area (Å²) in [5.41, 5.74) is 0.440. The lowest BCUT2D eigenvalue weighted by atomic mass is 10.0. The first-order chi connectivity index (χ1) is 10.1. The fourth-order valence-corrected chi connectivity index (χ4v) is 3.25. The molecule has 2 amide bonds. The second-order valence-corrected chi connectivity index (χ2v) is 6.19. The predicted octanol–water partition coefficient (Wildman–Crippen LogP) is 0.748.